The maximum atomic E-state index is 9.81. The standard InChI is InChI=1S/C17H20O2/c1-17(2,3)14-8-5-12(6-9-14)13-7-10-16(19-4)15(18)11-13/h5-11,18H,1-4H3. The van der Waals surface area contributed by atoms with E-state index < -0.39 is 0 Å². The van der Waals surface area contributed by atoms with Gasteiger partial charge >= 0.3 is 0 Å². The van der Waals surface area contributed by atoms with Gasteiger partial charge in [0, 0.05) is 0 Å². The van der Waals surface area contributed by atoms with Crippen molar-refractivity contribution in [2.75, 3.05) is 7.11 Å². The van der Waals surface area contributed by atoms with Crippen LogP contribution in [0.5, 0.6) is 11.5 Å². The molecule has 2 heteroatoms. The van der Waals surface area contributed by atoms with E-state index in [0.29, 0.717) is 5.75 Å². The van der Waals surface area contributed by atoms with Crippen LogP contribution >= 0.6 is 0 Å². The number of rotatable bonds is 2. The molecule has 2 rings (SSSR count). The van der Waals surface area contributed by atoms with Gasteiger partial charge in [0.2, 0.25) is 0 Å². The van der Waals surface area contributed by atoms with Crippen molar-refractivity contribution in [3.8, 4) is 22.6 Å². The SMILES string of the molecule is COc1ccc(-c2ccc(C(C)(C)C)cc2)cc1O. The number of phenols is 1. The van der Waals surface area contributed by atoms with E-state index >= 15 is 0 Å². The summed E-state index contributed by atoms with van der Waals surface area (Å²) in [4.78, 5) is 0. The Balaban J connectivity index is 2.35. The van der Waals surface area contributed by atoms with E-state index in [4.69, 9.17) is 4.74 Å². The van der Waals surface area contributed by atoms with Gasteiger partial charge in [0.15, 0.2) is 11.5 Å². The molecule has 19 heavy (non-hydrogen) atoms. The Morgan fingerprint density at radius 2 is 1.47 bits per heavy atom. The molecule has 0 aliphatic heterocycles. The first-order valence-corrected chi connectivity index (χ1v) is 6.40. The highest BCUT2D eigenvalue weighted by molar-refractivity contribution is 5.67. The average molecular weight is 256 g/mol. The van der Waals surface area contributed by atoms with E-state index in [1.807, 2.05) is 6.07 Å². The van der Waals surface area contributed by atoms with Crippen LogP contribution in [0.4, 0.5) is 0 Å². The largest absolute Gasteiger partial charge is 0.504 e. The predicted molar refractivity (Wildman–Crippen MR) is 78.8 cm³/mol. The summed E-state index contributed by atoms with van der Waals surface area (Å²) in [5.74, 6) is 0.662. The molecule has 0 spiro atoms. The van der Waals surface area contributed by atoms with Crippen molar-refractivity contribution < 1.29 is 9.84 Å². The number of benzene rings is 2. The van der Waals surface area contributed by atoms with Crippen LogP contribution < -0.4 is 4.74 Å². The number of phenolic OH excluding ortho intramolecular Hbond substituents is 1. The molecular formula is C17H20O2. The van der Waals surface area contributed by atoms with Gasteiger partial charge in [0.1, 0.15) is 0 Å². The molecule has 2 aromatic carbocycles. The summed E-state index contributed by atoms with van der Waals surface area (Å²) in [5.41, 5.74) is 3.53. The topological polar surface area (TPSA) is 29.5 Å². The summed E-state index contributed by atoms with van der Waals surface area (Å²) >= 11 is 0. The fourth-order valence-corrected chi connectivity index (χ4v) is 2.03. The fourth-order valence-electron chi connectivity index (χ4n) is 2.03. The van der Waals surface area contributed by atoms with Gasteiger partial charge in [-0.2, -0.15) is 0 Å². The molecular weight excluding hydrogens is 236 g/mol. The van der Waals surface area contributed by atoms with E-state index in [-0.39, 0.29) is 11.2 Å². The van der Waals surface area contributed by atoms with E-state index in [2.05, 4.69) is 45.0 Å². The summed E-state index contributed by atoms with van der Waals surface area (Å²) in [6.07, 6.45) is 0. The molecule has 0 aromatic heterocycles. The Bertz CT molecular complexity index is 563. The van der Waals surface area contributed by atoms with Crippen LogP contribution in [0, 0.1) is 0 Å². The predicted octanol–water partition coefficient (Wildman–Crippen LogP) is 4.37. The normalized spacial score (nSPS) is 11.4. The molecule has 0 aliphatic carbocycles. The maximum absolute atomic E-state index is 9.81. The van der Waals surface area contributed by atoms with Crippen molar-refractivity contribution in [3.05, 3.63) is 48.0 Å². The first-order valence-electron chi connectivity index (χ1n) is 6.40. The lowest BCUT2D eigenvalue weighted by Crippen LogP contribution is -2.10. The lowest BCUT2D eigenvalue weighted by atomic mass is 9.86. The van der Waals surface area contributed by atoms with E-state index in [9.17, 15) is 5.11 Å². The second kappa shape index (κ2) is 4.96. The Hall–Kier alpha value is -1.96. The molecule has 2 aromatic rings. The first kappa shape index (κ1) is 13.5. The van der Waals surface area contributed by atoms with Gasteiger partial charge in [-0.1, -0.05) is 51.1 Å². The minimum absolute atomic E-state index is 0.153. The van der Waals surface area contributed by atoms with E-state index in [1.54, 1.807) is 19.2 Å². The van der Waals surface area contributed by atoms with E-state index in [1.165, 1.54) is 5.56 Å². The summed E-state index contributed by atoms with van der Waals surface area (Å²) in [7, 11) is 1.55. The Labute approximate surface area is 114 Å². The number of hydrogen-bond donors (Lipinski definition) is 1. The number of ether oxygens (including phenoxy) is 1. The lowest BCUT2D eigenvalue weighted by molar-refractivity contribution is 0.373. The zero-order valence-corrected chi connectivity index (χ0v) is 11.9. The molecule has 0 heterocycles. The van der Waals surface area contributed by atoms with Crippen molar-refractivity contribution in [2.24, 2.45) is 0 Å². The molecule has 1 N–H and O–H groups in total. The average Bonchev–Trinajstić information content (AvgIpc) is 2.38. The molecule has 0 amide bonds. The molecule has 0 bridgehead atoms. The van der Waals surface area contributed by atoms with Crippen molar-refractivity contribution in [1.82, 2.24) is 0 Å². The molecule has 0 radical (unpaired) electrons. The molecule has 0 saturated carbocycles. The maximum Gasteiger partial charge on any atom is 0.160 e. The zero-order valence-electron chi connectivity index (χ0n) is 11.9. The molecule has 0 fully saturated rings. The third-order valence-corrected chi connectivity index (χ3v) is 3.26. The molecule has 2 nitrogen and oxygen atoms in total. The van der Waals surface area contributed by atoms with Crippen LogP contribution in [-0.4, -0.2) is 12.2 Å². The number of methoxy groups -OCH3 is 1. The highest BCUT2D eigenvalue weighted by Crippen LogP contribution is 2.32. The fraction of sp³-hybridized carbons (Fsp3) is 0.294. The van der Waals surface area contributed by atoms with Crippen LogP contribution in [0.15, 0.2) is 42.5 Å². The van der Waals surface area contributed by atoms with Gasteiger partial charge in [0.05, 0.1) is 7.11 Å². The molecule has 0 atom stereocenters. The van der Waals surface area contributed by atoms with E-state index in [0.717, 1.165) is 11.1 Å². The Morgan fingerprint density at radius 1 is 0.895 bits per heavy atom. The minimum Gasteiger partial charge on any atom is -0.504 e. The third-order valence-electron chi connectivity index (χ3n) is 3.26. The van der Waals surface area contributed by atoms with Crippen LogP contribution in [0.3, 0.4) is 0 Å². The second-order valence-corrected chi connectivity index (χ2v) is 5.71. The second-order valence-electron chi connectivity index (χ2n) is 5.71. The summed E-state index contributed by atoms with van der Waals surface area (Å²) < 4.78 is 5.05. The quantitative estimate of drug-likeness (QED) is 0.864. The number of aromatic hydroxyl groups is 1. The number of hydrogen-bond acceptors (Lipinski definition) is 2. The Morgan fingerprint density at radius 3 is 1.95 bits per heavy atom. The van der Waals surface area contributed by atoms with Crippen LogP contribution in [0.2, 0.25) is 0 Å². The van der Waals surface area contributed by atoms with Crippen molar-refractivity contribution in [3.63, 3.8) is 0 Å². The smallest absolute Gasteiger partial charge is 0.160 e. The van der Waals surface area contributed by atoms with Crippen LogP contribution in [0.25, 0.3) is 11.1 Å². The van der Waals surface area contributed by atoms with Crippen molar-refractivity contribution in [1.29, 1.82) is 0 Å². The van der Waals surface area contributed by atoms with Gasteiger partial charge in [-0.15, -0.1) is 0 Å². The third kappa shape index (κ3) is 2.90. The summed E-state index contributed by atoms with van der Waals surface area (Å²) in [6.45, 7) is 6.59. The van der Waals surface area contributed by atoms with Crippen LogP contribution in [0.1, 0.15) is 26.3 Å². The summed E-state index contributed by atoms with van der Waals surface area (Å²) in [5, 5.41) is 9.81. The van der Waals surface area contributed by atoms with Crippen LogP contribution in [-0.2, 0) is 5.41 Å². The monoisotopic (exact) mass is 256 g/mol. The molecule has 100 valence electrons. The molecule has 0 unspecified atom stereocenters. The van der Waals surface area contributed by atoms with Gasteiger partial charge in [-0.3, -0.25) is 0 Å². The van der Waals surface area contributed by atoms with Gasteiger partial charge < -0.3 is 9.84 Å². The lowest BCUT2D eigenvalue weighted by Gasteiger charge is -2.19. The zero-order chi connectivity index (χ0) is 14.0. The molecule has 0 aliphatic rings. The van der Waals surface area contributed by atoms with Gasteiger partial charge in [-0.05, 0) is 34.2 Å². The van der Waals surface area contributed by atoms with Crippen molar-refractivity contribution >= 4 is 0 Å². The molecule has 0 saturated heterocycles. The van der Waals surface area contributed by atoms with Gasteiger partial charge in [-0.25, -0.2) is 0 Å². The highest BCUT2D eigenvalue weighted by Gasteiger charge is 2.13. The Kier molecular flexibility index (Phi) is 3.52. The highest BCUT2D eigenvalue weighted by atomic mass is 16.5. The summed E-state index contributed by atoms with van der Waals surface area (Å²) in [6, 6.07) is 13.9. The minimum atomic E-state index is 0.153. The van der Waals surface area contributed by atoms with Gasteiger partial charge in [0.25, 0.3) is 0 Å². The first-order chi connectivity index (χ1) is 8.91. The van der Waals surface area contributed by atoms with Crippen molar-refractivity contribution in [2.45, 2.75) is 26.2 Å².